The van der Waals surface area contributed by atoms with E-state index in [1.165, 1.54) is 27.8 Å². The molecule has 3 heteroatoms. The number of hydrogen-bond donors (Lipinski definition) is 1. The lowest BCUT2D eigenvalue weighted by Crippen LogP contribution is -2.11. The summed E-state index contributed by atoms with van der Waals surface area (Å²) in [6.07, 6.45) is 1.54. The molecule has 0 atom stereocenters. The van der Waals surface area contributed by atoms with Gasteiger partial charge in [-0.15, -0.1) is 0 Å². The van der Waals surface area contributed by atoms with Crippen molar-refractivity contribution in [2.24, 2.45) is 0 Å². The van der Waals surface area contributed by atoms with Crippen molar-refractivity contribution < 1.29 is 5.11 Å². The number of rotatable bonds is 5. The highest BCUT2D eigenvalue weighted by Crippen LogP contribution is 2.25. The Morgan fingerprint density at radius 1 is 1.00 bits per heavy atom. The topological polar surface area (TPSA) is 38.1 Å². The lowest BCUT2D eigenvalue weighted by molar-refractivity contribution is 0.287. The van der Waals surface area contributed by atoms with Gasteiger partial charge in [0.1, 0.15) is 5.82 Å². The van der Waals surface area contributed by atoms with Gasteiger partial charge in [-0.2, -0.15) is 0 Å². The summed E-state index contributed by atoms with van der Waals surface area (Å²) in [5.74, 6) is 1.05. The summed E-state index contributed by atoms with van der Waals surface area (Å²) in [5.41, 5.74) is 7.58. The molecular formula is C23H30N2O. The molecule has 3 rings (SSSR count). The normalized spacial score (nSPS) is 12.1. The van der Waals surface area contributed by atoms with Crippen molar-refractivity contribution in [1.82, 2.24) is 9.55 Å². The molecule has 0 saturated heterocycles. The average Bonchev–Trinajstić information content (AvgIpc) is 2.90. The summed E-state index contributed by atoms with van der Waals surface area (Å²) in [5, 5.41) is 9.24. The SMILES string of the molecule is Cc1cc2nc(CCCO)n(Cc3ccc(C(C)(C)C)cc3)c2cc1C. The molecule has 0 aliphatic rings. The fourth-order valence-electron chi connectivity index (χ4n) is 3.33. The first kappa shape index (κ1) is 18.7. The fourth-order valence-corrected chi connectivity index (χ4v) is 3.33. The van der Waals surface area contributed by atoms with Crippen LogP contribution in [0.15, 0.2) is 36.4 Å². The van der Waals surface area contributed by atoms with Gasteiger partial charge in [0.2, 0.25) is 0 Å². The number of aliphatic hydroxyl groups is 1. The Bertz CT molecular complexity index is 899. The second-order valence-corrected chi connectivity index (χ2v) is 8.31. The van der Waals surface area contributed by atoms with Crippen molar-refractivity contribution in [1.29, 1.82) is 0 Å². The molecular weight excluding hydrogens is 320 g/mol. The van der Waals surface area contributed by atoms with Crippen LogP contribution in [0.25, 0.3) is 11.0 Å². The van der Waals surface area contributed by atoms with E-state index in [2.05, 4.69) is 75.6 Å². The van der Waals surface area contributed by atoms with Crippen molar-refractivity contribution >= 4 is 11.0 Å². The molecule has 0 unspecified atom stereocenters. The standard InChI is InChI=1S/C23H30N2O/c1-16-13-20-21(14-17(16)2)25(22(24-20)7-6-12-26)15-18-8-10-19(11-9-18)23(3,4)5/h8-11,13-14,26H,6-7,12,15H2,1-5H3. The third-order valence-corrected chi connectivity index (χ3v) is 5.16. The molecule has 2 aromatic carbocycles. The van der Waals surface area contributed by atoms with Crippen LogP contribution in [0.3, 0.4) is 0 Å². The molecule has 0 aliphatic heterocycles. The molecule has 3 aromatic rings. The van der Waals surface area contributed by atoms with Crippen molar-refractivity contribution in [2.45, 2.75) is 59.4 Å². The zero-order valence-corrected chi connectivity index (χ0v) is 16.6. The minimum Gasteiger partial charge on any atom is -0.396 e. The molecule has 138 valence electrons. The molecule has 26 heavy (non-hydrogen) atoms. The summed E-state index contributed by atoms with van der Waals surface area (Å²) in [6.45, 7) is 12.0. The second-order valence-electron chi connectivity index (χ2n) is 8.31. The number of aromatic nitrogens is 2. The highest BCUT2D eigenvalue weighted by Gasteiger charge is 2.15. The Kier molecular flexibility index (Phi) is 5.19. The maximum Gasteiger partial charge on any atom is 0.110 e. The summed E-state index contributed by atoms with van der Waals surface area (Å²) in [7, 11) is 0. The summed E-state index contributed by atoms with van der Waals surface area (Å²) in [4.78, 5) is 4.86. The van der Waals surface area contributed by atoms with E-state index in [-0.39, 0.29) is 12.0 Å². The Balaban J connectivity index is 2.00. The first-order valence-electron chi connectivity index (χ1n) is 9.46. The monoisotopic (exact) mass is 350 g/mol. The average molecular weight is 351 g/mol. The lowest BCUT2D eigenvalue weighted by Gasteiger charge is -2.19. The number of hydrogen-bond acceptors (Lipinski definition) is 2. The molecule has 1 heterocycles. The van der Waals surface area contributed by atoms with Crippen LogP contribution < -0.4 is 0 Å². The van der Waals surface area contributed by atoms with E-state index >= 15 is 0 Å². The van der Waals surface area contributed by atoms with Gasteiger partial charge in [0.25, 0.3) is 0 Å². The highest BCUT2D eigenvalue weighted by molar-refractivity contribution is 5.78. The van der Waals surface area contributed by atoms with Crippen LogP contribution in [0.2, 0.25) is 0 Å². The van der Waals surface area contributed by atoms with Gasteiger partial charge >= 0.3 is 0 Å². The van der Waals surface area contributed by atoms with Gasteiger partial charge in [-0.05, 0) is 60.1 Å². The minimum atomic E-state index is 0.168. The van der Waals surface area contributed by atoms with Gasteiger partial charge in [-0.3, -0.25) is 0 Å². The smallest absolute Gasteiger partial charge is 0.110 e. The van der Waals surface area contributed by atoms with Gasteiger partial charge in [0.15, 0.2) is 0 Å². The third-order valence-electron chi connectivity index (χ3n) is 5.16. The van der Waals surface area contributed by atoms with Gasteiger partial charge in [0, 0.05) is 19.6 Å². The number of nitrogens with zero attached hydrogens (tertiary/aromatic N) is 2. The molecule has 0 radical (unpaired) electrons. The van der Waals surface area contributed by atoms with Crippen LogP contribution in [-0.2, 0) is 18.4 Å². The first-order valence-corrected chi connectivity index (χ1v) is 9.46. The quantitative estimate of drug-likeness (QED) is 0.709. The summed E-state index contributed by atoms with van der Waals surface area (Å²) < 4.78 is 2.31. The largest absolute Gasteiger partial charge is 0.396 e. The molecule has 3 nitrogen and oxygen atoms in total. The van der Waals surface area contributed by atoms with Crippen molar-refractivity contribution in [3.63, 3.8) is 0 Å². The van der Waals surface area contributed by atoms with Crippen molar-refractivity contribution in [2.75, 3.05) is 6.61 Å². The summed E-state index contributed by atoms with van der Waals surface area (Å²) in [6, 6.07) is 13.3. The second kappa shape index (κ2) is 7.24. The number of imidazole rings is 1. The van der Waals surface area contributed by atoms with E-state index in [0.717, 1.165) is 30.7 Å². The Labute approximate surface area is 156 Å². The maximum atomic E-state index is 9.24. The zero-order valence-electron chi connectivity index (χ0n) is 16.6. The number of benzene rings is 2. The Morgan fingerprint density at radius 2 is 1.65 bits per heavy atom. The molecule has 1 aromatic heterocycles. The van der Waals surface area contributed by atoms with Crippen LogP contribution in [0.4, 0.5) is 0 Å². The molecule has 0 spiro atoms. The predicted octanol–water partition coefficient (Wildman–Crippen LogP) is 4.92. The summed E-state index contributed by atoms with van der Waals surface area (Å²) >= 11 is 0. The highest BCUT2D eigenvalue weighted by atomic mass is 16.2. The Morgan fingerprint density at radius 3 is 2.27 bits per heavy atom. The number of aryl methyl sites for hydroxylation is 3. The molecule has 0 bridgehead atoms. The van der Waals surface area contributed by atoms with Crippen LogP contribution in [0, 0.1) is 13.8 Å². The third kappa shape index (κ3) is 3.83. The van der Waals surface area contributed by atoms with Crippen molar-refractivity contribution in [3.05, 3.63) is 64.5 Å². The fraction of sp³-hybridized carbons (Fsp3) is 0.435. The van der Waals surface area contributed by atoms with Gasteiger partial charge < -0.3 is 9.67 Å². The Hall–Kier alpha value is -2.13. The van der Waals surface area contributed by atoms with Gasteiger partial charge in [-0.25, -0.2) is 4.98 Å². The maximum absolute atomic E-state index is 9.24. The number of fused-ring (bicyclic) bond motifs is 1. The van der Waals surface area contributed by atoms with Crippen LogP contribution in [0.5, 0.6) is 0 Å². The van der Waals surface area contributed by atoms with E-state index in [9.17, 15) is 5.11 Å². The molecule has 0 saturated carbocycles. The van der Waals surface area contributed by atoms with E-state index in [4.69, 9.17) is 4.98 Å². The minimum absolute atomic E-state index is 0.168. The van der Waals surface area contributed by atoms with E-state index < -0.39 is 0 Å². The number of aliphatic hydroxyl groups excluding tert-OH is 1. The molecule has 0 amide bonds. The van der Waals surface area contributed by atoms with Crippen molar-refractivity contribution in [3.8, 4) is 0 Å². The van der Waals surface area contributed by atoms with Gasteiger partial charge in [0.05, 0.1) is 11.0 Å². The van der Waals surface area contributed by atoms with E-state index in [1.807, 2.05) is 0 Å². The van der Waals surface area contributed by atoms with Crippen LogP contribution in [0.1, 0.15) is 55.3 Å². The molecule has 0 fully saturated rings. The first-order chi connectivity index (χ1) is 12.3. The van der Waals surface area contributed by atoms with E-state index in [1.54, 1.807) is 0 Å². The lowest BCUT2D eigenvalue weighted by atomic mass is 9.87. The molecule has 0 aliphatic carbocycles. The van der Waals surface area contributed by atoms with Crippen LogP contribution >= 0.6 is 0 Å². The predicted molar refractivity (Wildman–Crippen MR) is 109 cm³/mol. The van der Waals surface area contributed by atoms with Gasteiger partial charge in [-0.1, -0.05) is 45.0 Å². The van der Waals surface area contributed by atoms with E-state index in [0.29, 0.717) is 0 Å². The zero-order chi connectivity index (χ0) is 18.9. The molecule has 1 N–H and O–H groups in total. The van der Waals surface area contributed by atoms with Crippen LogP contribution in [-0.4, -0.2) is 21.3 Å².